The van der Waals surface area contributed by atoms with Gasteiger partial charge in [-0.05, 0) is 24.7 Å². The summed E-state index contributed by atoms with van der Waals surface area (Å²) < 4.78 is 0. The SMILES string of the molecule is CCCCC(CO)(CCC)CCO. The van der Waals surface area contributed by atoms with Gasteiger partial charge in [0.1, 0.15) is 0 Å². The van der Waals surface area contributed by atoms with E-state index in [-0.39, 0.29) is 18.6 Å². The zero-order chi connectivity index (χ0) is 10.2. The number of hydrogen-bond acceptors (Lipinski definition) is 2. The fourth-order valence-electron chi connectivity index (χ4n) is 1.93. The van der Waals surface area contributed by atoms with Crippen LogP contribution in [0, 0.1) is 5.41 Å². The molecule has 0 aliphatic carbocycles. The number of aliphatic hydroxyl groups is 2. The van der Waals surface area contributed by atoms with Crippen LogP contribution in [-0.2, 0) is 0 Å². The Morgan fingerprint density at radius 3 is 2.00 bits per heavy atom. The maximum atomic E-state index is 9.35. The van der Waals surface area contributed by atoms with Gasteiger partial charge in [0.15, 0.2) is 0 Å². The zero-order valence-corrected chi connectivity index (χ0v) is 9.05. The number of unbranched alkanes of at least 4 members (excludes halogenated alkanes) is 1. The Morgan fingerprint density at radius 1 is 0.923 bits per heavy atom. The molecule has 0 aromatic rings. The minimum Gasteiger partial charge on any atom is -0.396 e. The molecule has 0 fully saturated rings. The van der Waals surface area contributed by atoms with Crippen LogP contribution in [0.25, 0.3) is 0 Å². The maximum Gasteiger partial charge on any atom is 0.0488 e. The average Bonchev–Trinajstić information content (AvgIpc) is 2.15. The molecule has 0 aromatic carbocycles. The van der Waals surface area contributed by atoms with Gasteiger partial charge in [0.2, 0.25) is 0 Å². The highest BCUT2D eigenvalue weighted by atomic mass is 16.3. The van der Waals surface area contributed by atoms with Gasteiger partial charge < -0.3 is 10.2 Å². The Bertz CT molecular complexity index is 107. The van der Waals surface area contributed by atoms with E-state index in [2.05, 4.69) is 13.8 Å². The molecule has 1 unspecified atom stereocenters. The fraction of sp³-hybridized carbons (Fsp3) is 1.00. The lowest BCUT2D eigenvalue weighted by Crippen LogP contribution is -2.26. The summed E-state index contributed by atoms with van der Waals surface area (Å²) in [5.74, 6) is 0. The first-order valence-corrected chi connectivity index (χ1v) is 5.46. The molecular weight excluding hydrogens is 164 g/mol. The highest BCUT2D eigenvalue weighted by Crippen LogP contribution is 2.33. The lowest BCUT2D eigenvalue weighted by Gasteiger charge is -2.31. The monoisotopic (exact) mass is 188 g/mol. The first-order valence-electron chi connectivity index (χ1n) is 5.46. The van der Waals surface area contributed by atoms with Crippen LogP contribution in [0.1, 0.15) is 52.4 Å². The zero-order valence-electron chi connectivity index (χ0n) is 9.05. The van der Waals surface area contributed by atoms with Gasteiger partial charge in [-0.1, -0.05) is 33.1 Å². The van der Waals surface area contributed by atoms with E-state index in [0.717, 1.165) is 38.5 Å². The summed E-state index contributed by atoms with van der Waals surface area (Å²) in [6.07, 6.45) is 6.23. The lowest BCUT2D eigenvalue weighted by molar-refractivity contribution is 0.0706. The molecule has 1 atom stereocenters. The van der Waals surface area contributed by atoms with Gasteiger partial charge in [-0.15, -0.1) is 0 Å². The molecule has 0 aliphatic rings. The van der Waals surface area contributed by atoms with Crippen LogP contribution < -0.4 is 0 Å². The van der Waals surface area contributed by atoms with Crippen LogP contribution in [-0.4, -0.2) is 23.4 Å². The first-order chi connectivity index (χ1) is 6.24. The molecule has 2 heteroatoms. The van der Waals surface area contributed by atoms with Crippen molar-refractivity contribution < 1.29 is 10.2 Å². The second-order valence-corrected chi connectivity index (χ2v) is 3.99. The van der Waals surface area contributed by atoms with Crippen molar-refractivity contribution in [2.75, 3.05) is 13.2 Å². The topological polar surface area (TPSA) is 40.5 Å². The van der Waals surface area contributed by atoms with Gasteiger partial charge in [0.05, 0.1) is 0 Å². The highest BCUT2D eigenvalue weighted by molar-refractivity contribution is 4.77. The van der Waals surface area contributed by atoms with Crippen molar-refractivity contribution in [3.8, 4) is 0 Å². The van der Waals surface area contributed by atoms with E-state index in [4.69, 9.17) is 5.11 Å². The Hall–Kier alpha value is -0.0800. The molecule has 0 bridgehead atoms. The summed E-state index contributed by atoms with van der Waals surface area (Å²) in [7, 11) is 0. The van der Waals surface area contributed by atoms with Crippen molar-refractivity contribution in [1.82, 2.24) is 0 Å². The minimum absolute atomic E-state index is 0.000486. The normalized spacial score (nSPS) is 15.7. The number of aliphatic hydroxyl groups excluding tert-OH is 2. The van der Waals surface area contributed by atoms with E-state index in [1.165, 1.54) is 0 Å². The van der Waals surface area contributed by atoms with Crippen molar-refractivity contribution in [1.29, 1.82) is 0 Å². The molecule has 0 amide bonds. The van der Waals surface area contributed by atoms with Crippen LogP contribution >= 0.6 is 0 Å². The van der Waals surface area contributed by atoms with E-state index >= 15 is 0 Å². The van der Waals surface area contributed by atoms with Gasteiger partial charge in [-0.25, -0.2) is 0 Å². The smallest absolute Gasteiger partial charge is 0.0488 e. The first kappa shape index (κ1) is 12.9. The van der Waals surface area contributed by atoms with Gasteiger partial charge in [-0.3, -0.25) is 0 Å². The predicted molar refractivity (Wildman–Crippen MR) is 55.7 cm³/mol. The van der Waals surface area contributed by atoms with E-state index in [9.17, 15) is 5.11 Å². The summed E-state index contributed by atoms with van der Waals surface area (Å²) >= 11 is 0. The van der Waals surface area contributed by atoms with Gasteiger partial charge in [0.25, 0.3) is 0 Å². The standard InChI is InChI=1S/C11H24O2/c1-3-5-7-11(10-13,6-4-2)8-9-12/h12-13H,3-10H2,1-2H3. The van der Waals surface area contributed by atoms with E-state index in [1.54, 1.807) is 0 Å². The van der Waals surface area contributed by atoms with Crippen molar-refractivity contribution in [2.24, 2.45) is 5.41 Å². The average molecular weight is 188 g/mol. The number of rotatable bonds is 8. The molecule has 13 heavy (non-hydrogen) atoms. The fourth-order valence-corrected chi connectivity index (χ4v) is 1.93. The minimum atomic E-state index is -0.000486. The summed E-state index contributed by atoms with van der Waals surface area (Å²) in [6.45, 7) is 4.71. The third kappa shape index (κ3) is 4.63. The molecule has 0 saturated carbocycles. The van der Waals surface area contributed by atoms with Gasteiger partial charge in [-0.2, -0.15) is 0 Å². The highest BCUT2D eigenvalue weighted by Gasteiger charge is 2.26. The number of hydrogen-bond donors (Lipinski definition) is 2. The largest absolute Gasteiger partial charge is 0.396 e. The Balaban J connectivity index is 4.07. The summed E-state index contributed by atoms with van der Waals surface area (Å²) in [5.41, 5.74) is -0.000486. The van der Waals surface area contributed by atoms with Crippen LogP contribution in [0.15, 0.2) is 0 Å². The van der Waals surface area contributed by atoms with Gasteiger partial charge in [0, 0.05) is 13.2 Å². The van der Waals surface area contributed by atoms with Crippen molar-refractivity contribution in [3.63, 3.8) is 0 Å². The van der Waals surface area contributed by atoms with Crippen molar-refractivity contribution in [2.45, 2.75) is 52.4 Å². The van der Waals surface area contributed by atoms with Crippen LogP contribution in [0.3, 0.4) is 0 Å². The Morgan fingerprint density at radius 2 is 1.62 bits per heavy atom. The molecule has 80 valence electrons. The molecule has 2 nitrogen and oxygen atoms in total. The molecule has 0 spiro atoms. The quantitative estimate of drug-likeness (QED) is 0.614. The molecule has 0 heterocycles. The molecule has 2 N–H and O–H groups in total. The third-order valence-corrected chi connectivity index (χ3v) is 2.82. The van der Waals surface area contributed by atoms with Crippen molar-refractivity contribution >= 4 is 0 Å². The van der Waals surface area contributed by atoms with Crippen LogP contribution in [0.5, 0.6) is 0 Å². The molecule has 0 radical (unpaired) electrons. The van der Waals surface area contributed by atoms with E-state index in [0.29, 0.717) is 0 Å². The molecule has 0 rings (SSSR count). The third-order valence-electron chi connectivity index (χ3n) is 2.82. The maximum absolute atomic E-state index is 9.35. The van der Waals surface area contributed by atoms with Crippen molar-refractivity contribution in [3.05, 3.63) is 0 Å². The van der Waals surface area contributed by atoms with E-state index in [1.807, 2.05) is 0 Å². The van der Waals surface area contributed by atoms with E-state index < -0.39 is 0 Å². The summed E-state index contributed by atoms with van der Waals surface area (Å²) in [6, 6.07) is 0. The predicted octanol–water partition coefficient (Wildman–Crippen LogP) is 2.34. The Labute approximate surface area is 82.0 Å². The molecule has 0 aromatic heterocycles. The summed E-state index contributed by atoms with van der Waals surface area (Å²) in [4.78, 5) is 0. The second-order valence-electron chi connectivity index (χ2n) is 3.99. The molecule has 0 aliphatic heterocycles. The van der Waals surface area contributed by atoms with Crippen LogP contribution in [0.4, 0.5) is 0 Å². The summed E-state index contributed by atoms with van der Waals surface area (Å²) in [5, 5.41) is 18.3. The molecular formula is C11H24O2. The molecule has 0 saturated heterocycles. The van der Waals surface area contributed by atoms with Gasteiger partial charge >= 0.3 is 0 Å². The van der Waals surface area contributed by atoms with Crippen LogP contribution in [0.2, 0.25) is 0 Å². The lowest BCUT2D eigenvalue weighted by atomic mass is 9.77. The second kappa shape index (κ2) is 7.34. The Kier molecular flexibility index (Phi) is 7.29.